The van der Waals surface area contributed by atoms with E-state index in [-0.39, 0.29) is 12.1 Å². The Labute approximate surface area is 141 Å². The minimum absolute atomic E-state index is 0.226. The first-order chi connectivity index (χ1) is 11.1. The first-order valence-electron chi connectivity index (χ1n) is 8.10. The smallest absolute Gasteiger partial charge is 0.213 e. The summed E-state index contributed by atoms with van der Waals surface area (Å²) in [6.07, 6.45) is 6.20. The zero-order chi connectivity index (χ0) is 16.2. The molecule has 2 aromatic rings. The van der Waals surface area contributed by atoms with E-state index < -0.39 is 0 Å². The lowest BCUT2D eigenvalue weighted by Gasteiger charge is -2.28. The first-order valence-corrected chi connectivity index (χ1v) is 8.92. The fourth-order valence-corrected chi connectivity index (χ4v) is 3.50. The Morgan fingerprint density at radius 3 is 2.65 bits per heavy atom. The molecule has 0 saturated carbocycles. The number of likely N-dealkylation sites (tertiary alicyclic amines) is 1. The van der Waals surface area contributed by atoms with E-state index in [4.69, 9.17) is 4.74 Å². The maximum Gasteiger partial charge on any atom is 0.213 e. The second-order valence-electron chi connectivity index (χ2n) is 6.15. The second-order valence-corrected chi connectivity index (χ2v) is 7.42. The summed E-state index contributed by atoms with van der Waals surface area (Å²) in [6.45, 7) is 6.35. The summed E-state index contributed by atoms with van der Waals surface area (Å²) in [5.74, 6) is 0.714. The van der Waals surface area contributed by atoms with Gasteiger partial charge >= 0.3 is 0 Å². The highest BCUT2D eigenvalue weighted by Crippen LogP contribution is 2.25. The number of anilines is 1. The topological polar surface area (TPSA) is 50.3 Å². The van der Waals surface area contributed by atoms with Gasteiger partial charge in [0.05, 0.1) is 22.9 Å². The molecular formula is C17H24N4OS. The highest BCUT2D eigenvalue weighted by atomic mass is 32.1. The number of ether oxygens (including phenoxy) is 1. The number of nitrogens with one attached hydrogen (secondary N) is 1. The van der Waals surface area contributed by atoms with Crippen LogP contribution in [0.15, 0.2) is 24.5 Å². The molecule has 124 valence electrons. The van der Waals surface area contributed by atoms with Crippen molar-refractivity contribution in [2.24, 2.45) is 0 Å². The minimum atomic E-state index is 0.226. The average Bonchev–Trinajstić information content (AvgIpc) is 2.98. The Balaban J connectivity index is 1.54. The van der Waals surface area contributed by atoms with E-state index >= 15 is 0 Å². The normalized spacial score (nSPS) is 17.9. The molecule has 0 spiro atoms. The number of aryl methyl sites for hydroxylation is 1. The van der Waals surface area contributed by atoms with Crippen LogP contribution in [-0.2, 0) is 0 Å². The number of thiazole rings is 1. The molecule has 6 heteroatoms. The lowest BCUT2D eigenvalue weighted by Crippen LogP contribution is -2.35. The van der Waals surface area contributed by atoms with Crippen LogP contribution in [0.4, 0.5) is 5.69 Å². The van der Waals surface area contributed by atoms with Crippen LogP contribution in [0.2, 0.25) is 0 Å². The van der Waals surface area contributed by atoms with E-state index in [1.54, 1.807) is 11.3 Å². The third-order valence-electron chi connectivity index (χ3n) is 4.14. The number of aromatic nitrogens is 2. The van der Waals surface area contributed by atoms with Crippen molar-refractivity contribution in [1.29, 1.82) is 0 Å². The van der Waals surface area contributed by atoms with Gasteiger partial charge in [0.25, 0.3) is 0 Å². The third kappa shape index (κ3) is 4.42. The molecule has 1 fully saturated rings. The molecule has 1 aliphatic rings. The van der Waals surface area contributed by atoms with Crippen LogP contribution in [-0.4, -0.2) is 41.1 Å². The summed E-state index contributed by atoms with van der Waals surface area (Å²) in [7, 11) is 2.15. The number of hydrogen-bond donors (Lipinski definition) is 1. The van der Waals surface area contributed by atoms with Gasteiger partial charge in [-0.1, -0.05) is 0 Å². The Morgan fingerprint density at radius 1 is 1.26 bits per heavy atom. The molecule has 23 heavy (non-hydrogen) atoms. The molecule has 1 aliphatic heterocycles. The van der Waals surface area contributed by atoms with Gasteiger partial charge in [-0.3, -0.25) is 0 Å². The molecule has 0 aliphatic carbocycles. The van der Waals surface area contributed by atoms with Crippen molar-refractivity contribution in [2.75, 3.05) is 25.5 Å². The maximum absolute atomic E-state index is 5.98. The molecule has 0 aromatic carbocycles. The lowest BCUT2D eigenvalue weighted by molar-refractivity contribution is 0.110. The zero-order valence-electron chi connectivity index (χ0n) is 14.0. The van der Waals surface area contributed by atoms with Gasteiger partial charge in [-0.25, -0.2) is 9.97 Å². The SMILES string of the molecule is Cc1ncc([C@H](C)Nc2ccc(OC3CCN(C)CC3)nc2)s1. The molecule has 1 N–H and O–H groups in total. The molecule has 1 saturated heterocycles. The summed E-state index contributed by atoms with van der Waals surface area (Å²) >= 11 is 1.72. The van der Waals surface area contributed by atoms with Gasteiger partial charge in [0.1, 0.15) is 6.10 Å². The number of hydrogen-bond acceptors (Lipinski definition) is 6. The van der Waals surface area contributed by atoms with Gasteiger partial charge in [-0.05, 0) is 39.8 Å². The van der Waals surface area contributed by atoms with Gasteiger partial charge in [0.15, 0.2) is 0 Å². The van der Waals surface area contributed by atoms with Crippen LogP contribution >= 0.6 is 11.3 Å². The van der Waals surface area contributed by atoms with Crippen molar-refractivity contribution < 1.29 is 4.74 Å². The summed E-state index contributed by atoms with van der Waals surface area (Å²) in [4.78, 5) is 12.3. The first kappa shape index (κ1) is 16.2. The Hall–Kier alpha value is -1.66. The quantitative estimate of drug-likeness (QED) is 0.908. The van der Waals surface area contributed by atoms with Gasteiger partial charge in [-0.15, -0.1) is 11.3 Å². The number of piperidine rings is 1. The van der Waals surface area contributed by atoms with Gasteiger partial charge in [0.2, 0.25) is 5.88 Å². The maximum atomic E-state index is 5.98. The standard InChI is InChI=1S/C17H24N4OS/c1-12(16-11-18-13(2)23-16)20-14-4-5-17(19-10-14)22-15-6-8-21(3)9-7-15/h4-5,10-12,15,20H,6-9H2,1-3H3/t12-/m0/s1. The summed E-state index contributed by atoms with van der Waals surface area (Å²) in [6, 6.07) is 4.20. The van der Waals surface area contributed by atoms with Gasteiger partial charge in [0, 0.05) is 30.2 Å². The fraction of sp³-hybridized carbons (Fsp3) is 0.529. The van der Waals surface area contributed by atoms with Crippen molar-refractivity contribution in [3.63, 3.8) is 0 Å². The third-order valence-corrected chi connectivity index (χ3v) is 5.23. The van der Waals surface area contributed by atoms with Crippen LogP contribution in [0, 0.1) is 6.92 Å². The van der Waals surface area contributed by atoms with Crippen LogP contribution in [0.1, 0.15) is 35.7 Å². The summed E-state index contributed by atoms with van der Waals surface area (Å²) < 4.78 is 5.98. The monoisotopic (exact) mass is 332 g/mol. The fourth-order valence-electron chi connectivity index (χ4n) is 2.71. The molecule has 3 rings (SSSR count). The van der Waals surface area contributed by atoms with Gasteiger partial charge in [-0.2, -0.15) is 0 Å². The second kappa shape index (κ2) is 7.27. The molecule has 0 radical (unpaired) electrons. The Kier molecular flexibility index (Phi) is 5.13. The Bertz CT molecular complexity index is 620. The van der Waals surface area contributed by atoms with E-state index in [2.05, 4.69) is 34.2 Å². The predicted octanol–water partition coefficient (Wildman–Crippen LogP) is 3.49. The molecule has 3 heterocycles. The van der Waals surface area contributed by atoms with Crippen LogP contribution < -0.4 is 10.1 Å². The van der Waals surface area contributed by atoms with E-state index in [1.165, 1.54) is 4.88 Å². The molecule has 1 atom stereocenters. The largest absolute Gasteiger partial charge is 0.474 e. The highest BCUT2D eigenvalue weighted by molar-refractivity contribution is 7.11. The molecule has 0 amide bonds. The molecule has 0 bridgehead atoms. The number of pyridine rings is 1. The Morgan fingerprint density at radius 2 is 2.04 bits per heavy atom. The average molecular weight is 332 g/mol. The highest BCUT2D eigenvalue weighted by Gasteiger charge is 2.18. The molecule has 0 unspecified atom stereocenters. The molecular weight excluding hydrogens is 308 g/mol. The summed E-state index contributed by atoms with van der Waals surface area (Å²) in [5, 5.41) is 4.55. The van der Waals surface area contributed by atoms with Crippen molar-refractivity contribution in [2.45, 2.75) is 38.8 Å². The van der Waals surface area contributed by atoms with Gasteiger partial charge < -0.3 is 15.0 Å². The van der Waals surface area contributed by atoms with E-state index in [9.17, 15) is 0 Å². The van der Waals surface area contributed by atoms with Crippen LogP contribution in [0.5, 0.6) is 5.88 Å². The van der Waals surface area contributed by atoms with Crippen molar-refractivity contribution in [1.82, 2.24) is 14.9 Å². The minimum Gasteiger partial charge on any atom is -0.474 e. The van der Waals surface area contributed by atoms with Crippen molar-refractivity contribution >= 4 is 17.0 Å². The van der Waals surface area contributed by atoms with E-state index in [0.29, 0.717) is 5.88 Å². The molecule has 5 nitrogen and oxygen atoms in total. The van der Waals surface area contributed by atoms with E-state index in [1.807, 2.05) is 31.5 Å². The predicted molar refractivity (Wildman–Crippen MR) is 94.3 cm³/mol. The number of rotatable bonds is 5. The van der Waals surface area contributed by atoms with E-state index in [0.717, 1.165) is 36.6 Å². The summed E-state index contributed by atoms with van der Waals surface area (Å²) in [5.41, 5.74) is 0.999. The lowest BCUT2D eigenvalue weighted by atomic mass is 10.1. The van der Waals surface area contributed by atoms with Crippen molar-refractivity contribution in [3.05, 3.63) is 34.4 Å². The van der Waals surface area contributed by atoms with Crippen LogP contribution in [0.25, 0.3) is 0 Å². The number of nitrogens with zero attached hydrogens (tertiary/aromatic N) is 3. The van der Waals surface area contributed by atoms with Crippen molar-refractivity contribution in [3.8, 4) is 5.88 Å². The zero-order valence-corrected chi connectivity index (χ0v) is 14.8. The molecule has 2 aromatic heterocycles. The van der Waals surface area contributed by atoms with Crippen LogP contribution in [0.3, 0.4) is 0 Å².